The molecule has 1 fully saturated rings. The average Bonchev–Trinajstić information content (AvgIpc) is 2.93. The maximum atomic E-state index is 12.0. The first-order valence-corrected chi connectivity index (χ1v) is 9.11. The third-order valence-electron chi connectivity index (χ3n) is 4.02. The molecule has 24 heavy (non-hydrogen) atoms. The number of nitrogens with two attached hydrogens (primary N) is 1. The highest BCUT2D eigenvalue weighted by molar-refractivity contribution is 7.89. The molecule has 7 heteroatoms. The van der Waals surface area contributed by atoms with E-state index in [0.29, 0.717) is 11.4 Å². The van der Waals surface area contributed by atoms with Crippen LogP contribution < -0.4 is 14.8 Å². The van der Waals surface area contributed by atoms with Crippen LogP contribution in [0.5, 0.6) is 11.5 Å². The average molecular weight is 346 g/mol. The lowest BCUT2D eigenvalue weighted by Crippen LogP contribution is -2.32. The molecule has 2 aromatic rings. The summed E-state index contributed by atoms with van der Waals surface area (Å²) >= 11 is 0. The predicted molar refractivity (Wildman–Crippen MR) is 91.6 cm³/mol. The van der Waals surface area contributed by atoms with Gasteiger partial charge in [-0.25, -0.2) is 13.6 Å². The van der Waals surface area contributed by atoms with E-state index in [1.807, 2.05) is 31.2 Å². The van der Waals surface area contributed by atoms with Gasteiger partial charge in [0.2, 0.25) is 15.9 Å². The van der Waals surface area contributed by atoms with Crippen molar-refractivity contribution in [3.05, 3.63) is 54.1 Å². The van der Waals surface area contributed by atoms with E-state index in [0.717, 1.165) is 11.3 Å². The molecule has 0 spiro atoms. The molecule has 1 saturated heterocycles. The van der Waals surface area contributed by atoms with Crippen LogP contribution in [-0.4, -0.2) is 26.1 Å². The number of carbonyl (C=O) groups is 1. The summed E-state index contributed by atoms with van der Waals surface area (Å²) in [4.78, 5) is 13.5. The second kappa shape index (κ2) is 6.26. The van der Waals surface area contributed by atoms with Crippen molar-refractivity contribution in [2.45, 2.75) is 18.6 Å². The molecule has 1 unspecified atom stereocenters. The van der Waals surface area contributed by atoms with Gasteiger partial charge in [0.05, 0.1) is 0 Å². The number of para-hydroxylation sites is 1. The lowest BCUT2D eigenvalue weighted by molar-refractivity contribution is -0.117. The molecular formula is C17H18N2O4S. The molecule has 1 atom stereocenters. The highest BCUT2D eigenvalue weighted by Gasteiger charge is 2.37. The van der Waals surface area contributed by atoms with Crippen LogP contribution in [0, 0.1) is 6.92 Å². The van der Waals surface area contributed by atoms with Crippen molar-refractivity contribution >= 4 is 21.6 Å². The summed E-state index contributed by atoms with van der Waals surface area (Å²) in [6.45, 7) is 2.04. The minimum absolute atomic E-state index is 0.0790. The number of ether oxygens (including phenoxy) is 1. The first-order valence-electron chi connectivity index (χ1n) is 7.50. The molecule has 6 nitrogen and oxygen atoms in total. The Bertz CT molecular complexity index is 862. The fourth-order valence-corrected chi connectivity index (χ4v) is 3.37. The summed E-state index contributed by atoms with van der Waals surface area (Å²) in [7, 11) is -3.72. The fourth-order valence-electron chi connectivity index (χ4n) is 2.64. The summed E-state index contributed by atoms with van der Waals surface area (Å²) in [6, 6.07) is 14.6. The number of rotatable bonds is 4. The van der Waals surface area contributed by atoms with E-state index in [2.05, 4.69) is 0 Å². The molecule has 0 bridgehead atoms. The topological polar surface area (TPSA) is 89.7 Å². The van der Waals surface area contributed by atoms with Crippen molar-refractivity contribution in [3.63, 3.8) is 0 Å². The van der Waals surface area contributed by atoms with Gasteiger partial charge in [0.1, 0.15) is 16.7 Å². The minimum Gasteiger partial charge on any atom is -0.457 e. The van der Waals surface area contributed by atoms with Crippen LogP contribution in [0.4, 0.5) is 5.69 Å². The van der Waals surface area contributed by atoms with E-state index in [-0.39, 0.29) is 18.9 Å². The van der Waals surface area contributed by atoms with E-state index in [9.17, 15) is 13.2 Å². The van der Waals surface area contributed by atoms with Gasteiger partial charge in [-0.2, -0.15) is 0 Å². The van der Waals surface area contributed by atoms with Gasteiger partial charge >= 0.3 is 0 Å². The van der Waals surface area contributed by atoms with Gasteiger partial charge in [-0.3, -0.25) is 4.79 Å². The molecule has 1 aliphatic rings. The third-order valence-corrected chi connectivity index (χ3v) is 5.27. The lowest BCUT2D eigenvalue weighted by Gasteiger charge is -2.17. The van der Waals surface area contributed by atoms with Crippen molar-refractivity contribution < 1.29 is 17.9 Å². The van der Waals surface area contributed by atoms with Gasteiger partial charge in [-0.1, -0.05) is 18.2 Å². The van der Waals surface area contributed by atoms with Crippen molar-refractivity contribution in [3.8, 4) is 11.5 Å². The van der Waals surface area contributed by atoms with E-state index in [1.54, 1.807) is 24.3 Å². The van der Waals surface area contributed by atoms with Gasteiger partial charge in [0.25, 0.3) is 0 Å². The van der Waals surface area contributed by atoms with Crippen molar-refractivity contribution in [2.24, 2.45) is 5.14 Å². The van der Waals surface area contributed by atoms with Crippen LogP contribution >= 0.6 is 0 Å². The van der Waals surface area contributed by atoms with Gasteiger partial charge in [0.15, 0.2) is 0 Å². The maximum Gasteiger partial charge on any atom is 0.228 e. The molecule has 2 N–H and O–H groups in total. The molecule has 1 amide bonds. The summed E-state index contributed by atoms with van der Waals surface area (Å²) < 4.78 is 28.7. The summed E-state index contributed by atoms with van der Waals surface area (Å²) in [5.74, 6) is 1.15. The number of hydrogen-bond acceptors (Lipinski definition) is 4. The number of anilines is 1. The molecule has 2 aromatic carbocycles. The van der Waals surface area contributed by atoms with Gasteiger partial charge in [-0.15, -0.1) is 0 Å². The molecule has 0 aliphatic carbocycles. The zero-order chi connectivity index (χ0) is 17.3. The van der Waals surface area contributed by atoms with E-state index in [1.165, 1.54) is 4.90 Å². The van der Waals surface area contributed by atoms with Crippen LogP contribution in [0.25, 0.3) is 0 Å². The van der Waals surface area contributed by atoms with Crippen LogP contribution in [0.1, 0.15) is 12.0 Å². The molecule has 0 aromatic heterocycles. The molecule has 126 valence electrons. The Hall–Kier alpha value is -2.38. The lowest BCUT2D eigenvalue weighted by atomic mass is 10.2. The first-order chi connectivity index (χ1) is 11.3. The quantitative estimate of drug-likeness (QED) is 0.919. The Morgan fingerprint density at radius 2 is 1.79 bits per heavy atom. The molecular weight excluding hydrogens is 328 g/mol. The fraction of sp³-hybridized carbons (Fsp3) is 0.235. The second-order valence-electron chi connectivity index (χ2n) is 5.78. The first kappa shape index (κ1) is 16.5. The smallest absolute Gasteiger partial charge is 0.228 e. The predicted octanol–water partition coefficient (Wildman–Crippen LogP) is 2.18. The summed E-state index contributed by atoms with van der Waals surface area (Å²) in [5, 5.41) is 4.29. The molecule has 3 rings (SSSR count). The van der Waals surface area contributed by atoms with Crippen molar-refractivity contribution in [1.29, 1.82) is 0 Å². The zero-order valence-electron chi connectivity index (χ0n) is 13.2. The Labute approximate surface area is 140 Å². The Morgan fingerprint density at radius 1 is 1.12 bits per heavy atom. The number of hydrogen-bond donors (Lipinski definition) is 1. The molecule has 0 radical (unpaired) electrons. The number of aryl methyl sites for hydroxylation is 1. The van der Waals surface area contributed by atoms with E-state index in [4.69, 9.17) is 9.88 Å². The molecule has 1 heterocycles. The van der Waals surface area contributed by atoms with Gasteiger partial charge < -0.3 is 9.64 Å². The number of sulfonamides is 1. The van der Waals surface area contributed by atoms with Gasteiger partial charge in [0, 0.05) is 18.7 Å². The number of benzene rings is 2. The van der Waals surface area contributed by atoms with Gasteiger partial charge in [-0.05, 0) is 42.8 Å². The van der Waals surface area contributed by atoms with E-state index >= 15 is 0 Å². The van der Waals surface area contributed by atoms with Crippen LogP contribution in [0.3, 0.4) is 0 Å². The SMILES string of the molecule is Cc1ccccc1Oc1ccc(N2CC(S(N)(=O)=O)CC2=O)cc1. The summed E-state index contributed by atoms with van der Waals surface area (Å²) in [6.07, 6.45) is -0.0830. The van der Waals surface area contributed by atoms with Crippen molar-refractivity contribution in [1.82, 2.24) is 0 Å². The van der Waals surface area contributed by atoms with Crippen LogP contribution in [0.15, 0.2) is 48.5 Å². The number of amides is 1. The normalized spacial score (nSPS) is 18.0. The van der Waals surface area contributed by atoms with Crippen LogP contribution in [-0.2, 0) is 14.8 Å². The Kier molecular flexibility index (Phi) is 4.29. The Morgan fingerprint density at radius 3 is 2.38 bits per heavy atom. The molecule has 1 aliphatic heterocycles. The monoisotopic (exact) mass is 346 g/mol. The maximum absolute atomic E-state index is 12.0. The number of primary sulfonamides is 1. The number of carbonyl (C=O) groups excluding carboxylic acids is 1. The van der Waals surface area contributed by atoms with E-state index < -0.39 is 15.3 Å². The summed E-state index contributed by atoms with van der Waals surface area (Å²) in [5.41, 5.74) is 1.65. The minimum atomic E-state index is -3.72. The molecule has 0 saturated carbocycles. The Balaban J connectivity index is 1.76. The zero-order valence-corrected chi connectivity index (χ0v) is 14.0. The highest BCUT2D eigenvalue weighted by atomic mass is 32.2. The van der Waals surface area contributed by atoms with Crippen LogP contribution in [0.2, 0.25) is 0 Å². The number of nitrogens with zero attached hydrogens (tertiary/aromatic N) is 1. The van der Waals surface area contributed by atoms with Crippen molar-refractivity contribution in [2.75, 3.05) is 11.4 Å². The highest BCUT2D eigenvalue weighted by Crippen LogP contribution is 2.29. The second-order valence-corrected chi connectivity index (χ2v) is 7.63. The standard InChI is InChI=1S/C17H18N2O4S/c1-12-4-2-3-5-16(12)23-14-8-6-13(7-9-14)19-11-15(10-17(19)20)24(18,21)22/h2-9,15H,10-11H2,1H3,(H2,18,21,22). The third kappa shape index (κ3) is 3.42. The largest absolute Gasteiger partial charge is 0.457 e.